The van der Waals surface area contributed by atoms with Gasteiger partial charge in [-0.3, -0.25) is 18.7 Å². The van der Waals surface area contributed by atoms with Gasteiger partial charge in [0.1, 0.15) is 5.82 Å². The van der Waals surface area contributed by atoms with Gasteiger partial charge in [-0.25, -0.2) is 4.79 Å². The van der Waals surface area contributed by atoms with Crippen molar-refractivity contribution in [3.05, 3.63) is 73.2 Å². The molecule has 3 aromatic rings. The lowest BCUT2D eigenvalue weighted by molar-refractivity contribution is 0.616. The monoisotopic (exact) mass is 405 g/mol. The molecule has 1 saturated heterocycles. The van der Waals surface area contributed by atoms with E-state index in [1.165, 1.54) is 16.7 Å². The Morgan fingerprint density at radius 1 is 1.17 bits per heavy atom. The zero-order chi connectivity index (χ0) is 21.3. The second-order valence-electron chi connectivity index (χ2n) is 7.42. The van der Waals surface area contributed by atoms with Crippen molar-refractivity contribution in [3.63, 3.8) is 0 Å². The van der Waals surface area contributed by atoms with Crippen LogP contribution in [0.1, 0.15) is 18.9 Å². The summed E-state index contributed by atoms with van der Waals surface area (Å²) < 4.78 is 2.66. The van der Waals surface area contributed by atoms with Gasteiger partial charge < -0.3 is 15.6 Å². The van der Waals surface area contributed by atoms with Gasteiger partial charge >= 0.3 is 5.69 Å². The fourth-order valence-corrected chi connectivity index (χ4v) is 3.89. The molecule has 8 nitrogen and oxygen atoms in total. The summed E-state index contributed by atoms with van der Waals surface area (Å²) in [6, 6.07) is 10.2. The van der Waals surface area contributed by atoms with E-state index in [0.717, 1.165) is 16.4 Å². The topological polar surface area (TPSA) is 106 Å². The molecule has 0 saturated carbocycles. The normalized spacial score (nSPS) is 15.9. The Labute approximate surface area is 172 Å². The molecule has 2 aromatic heterocycles. The lowest BCUT2D eigenvalue weighted by Gasteiger charge is -2.22. The van der Waals surface area contributed by atoms with Gasteiger partial charge in [0.2, 0.25) is 5.56 Å². The number of nitrogens with zero attached hydrogens (tertiary/aromatic N) is 3. The number of pyridine rings is 1. The van der Waals surface area contributed by atoms with Gasteiger partial charge in [-0.15, -0.1) is 5.92 Å². The van der Waals surface area contributed by atoms with Gasteiger partial charge in [0.05, 0.1) is 13.1 Å². The van der Waals surface area contributed by atoms with Crippen LogP contribution >= 0.6 is 0 Å². The van der Waals surface area contributed by atoms with E-state index in [-0.39, 0.29) is 24.7 Å². The maximum Gasteiger partial charge on any atom is 0.333 e. The Bertz CT molecular complexity index is 1340. The first kappa shape index (κ1) is 19.7. The summed E-state index contributed by atoms with van der Waals surface area (Å²) in [5.74, 6) is 6.25. The van der Waals surface area contributed by atoms with Gasteiger partial charge in [0, 0.05) is 42.2 Å². The molecule has 0 amide bonds. The molecule has 30 heavy (non-hydrogen) atoms. The highest BCUT2D eigenvalue weighted by atomic mass is 16.2. The number of hydrogen-bond acceptors (Lipinski definition) is 5. The number of aromatic nitrogens is 3. The van der Waals surface area contributed by atoms with Crippen molar-refractivity contribution >= 4 is 16.7 Å². The highest BCUT2D eigenvalue weighted by Gasteiger charge is 2.24. The van der Waals surface area contributed by atoms with Crippen LogP contribution in [0.2, 0.25) is 0 Å². The Hall–Kier alpha value is -3.57. The molecule has 3 N–H and O–H groups in total. The number of benzene rings is 1. The molecule has 0 spiro atoms. The van der Waals surface area contributed by atoms with E-state index in [9.17, 15) is 14.4 Å². The van der Waals surface area contributed by atoms with Crippen molar-refractivity contribution in [1.29, 1.82) is 0 Å². The van der Waals surface area contributed by atoms with Crippen LogP contribution in [0.4, 0.5) is 5.82 Å². The Balaban J connectivity index is 1.85. The Morgan fingerprint density at radius 3 is 2.70 bits per heavy atom. The fraction of sp³-hybridized carbons (Fsp3) is 0.318. The average Bonchev–Trinajstić information content (AvgIpc) is 3.16. The summed E-state index contributed by atoms with van der Waals surface area (Å²) in [6.07, 6.45) is 0.801. The summed E-state index contributed by atoms with van der Waals surface area (Å²) in [7, 11) is 0. The molecule has 0 bridgehead atoms. The molecule has 1 aliphatic rings. The molecule has 0 aliphatic carbocycles. The van der Waals surface area contributed by atoms with Crippen molar-refractivity contribution in [1.82, 2.24) is 14.1 Å². The van der Waals surface area contributed by atoms with E-state index in [1.807, 2.05) is 23.1 Å². The molecule has 8 heteroatoms. The van der Waals surface area contributed by atoms with E-state index >= 15 is 0 Å². The van der Waals surface area contributed by atoms with Gasteiger partial charge in [0.15, 0.2) is 0 Å². The number of anilines is 1. The van der Waals surface area contributed by atoms with Crippen molar-refractivity contribution in [3.8, 4) is 11.8 Å². The molecule has 154 valence electrons. The summed E-state index contributed by atoms with van der Waals surface area (Å²) in [6.45, 7) is 3.15. The number of aromatic amines is 1. The first-order chi connectivity index (χ1) is 14.5. The number of nitrogens with one attached hydrogen (secondary N) is 1. The van der Waals surface area contributed by atoms with Crippen molar-refractivity contribution in [2.75, 3.05) is 18.0 Å². The highest BCUT2D eigenvalue weighted by Crippen LogP contribution is 2.18. The van der Waals surface area contributed by atoms with Gasteiger partial charge in [-0.2, -0.15) is 0 Å². The third kappa shape index (κ3) is 3.67. The second-order valence-corrected chi connectivity index (χ2v) is 7.42. The highest BCUT2D eigenvalue weighted by molar-refractivity contribution is 5.81. The molecule has 1 fully saturated rings. The van der Waals surface area contributed by atoms with Crippen LogP contribution in [0, 0.1) is 11.8 Å². The molecule has 0 radical (unpaired) electrons. The second kappa shape index (κ2) is 8.05. The number of fused-ring (bicyclic) bond motifs is 1. The van der Waals surface area contributed by atoms with Crippen LogP contribution in [0.25, 0.3) is 10.9 Å². The minimum Gasteiger partial charge on any atom is -0.356 e. The van der Waals surface area contributed by atoms with Crippen LogP contribution in [-0.4, -0.2) is 33.2 Å². The maximum atomic E-state index is 13.3. The number of nitrogens with two attached hydrogens (primary N) is 1. The van der Waals surface area contributed by atoms with E-state index in [2.05, 4.69) is 16.8 Å². The molecular weight excluding hydrogens is 382 g/mol. The van der Waals surface area contributed by atoms with Crippen LogP contribution in [0.3, 0.4) is 0 Å². The summed E-state index contributed by atoms with van der Waals surface area (Å²) in [5.41, 5.74) is 6.13. The summed E-state index contributed by atoms with van der Waals surface area (Å²) in [5, 5.41) is 0.790. The first-order valence-corrected chi connectivity index (χ1v) is 9.83. The lowest BCUT2D eigenvalue weighted by atomic mass is 10.1. The predicted molar refractivity (Wildman–Crippen MR) is 117 cm³/mol. The summed E-state index contributed by atoms with van der Waals surface area (Å²) >= 11 is 0. The van der Waals surface area contributed by atoms with Crippen LogP contribution in [0.15, 0.2) is 50.8 Å². The molecule has 0 unspecified atom stereocenters. The number of rotatable bonds is 4. The van der Waals surface area contributed by atoms with E-state index in [0.29, 0.717) is 30.0 Å². The zero-order valence-electron chi connectivity index (χ0n) is 16.7. The minimum atomic E-state index is -0.454. The largest absolute Gasteiger partial charge is 0.356 e. The van der Waals surface area contributed by atoms with E-state index < -0.39 is 11.2 Å². The van der Waals surface area contributed by atoms with Gasteiger partial charge in [-0.1, -0.05) is 24.1 Å². The summed E-state index contributed by atoms with van der Waals surface area (Å²) in [4.78, 5) is 43.0. The minimum absolute atomic E-state index is 0.00144. The van der Waals surface area contributed by atoms with Crippen molar-refractivity contribution in [2.24, 2.45) is 5.73 Å². The average molecular weight is 405 g/mol. The van der Waals surface area contributed by atoms with Crippen LogP contribution < -0.4 is 27.4 Å². The molecule has 4 rings (SSSR count). The fourth-order valence-electron chi connectivity index (χ4n) is 3.89. The Morgan fingerprint density at radius 2 is 1.97 bits per heavy atom. The molecule has 3 heterocycles. The third-order valence-electron chi connectivity index (χ3n) is 5.38. The predicted octanol–water partition coefficient (Wildman–Crippen LogP) is 0.461. The quantitative estimate of drug-likeness (QED) is 0.614. The molecule has 1 aliphatic heterocycles. The lowest BCUT2D eigenvalue weighted by Crippen LogP contribution is -2.43. The molecule has 1 atom stereocenters. The van der Waals surface area contributed by atoms with Crippen LogP contribution in [-0.2, 0) is 13.1 Å². The first-order valence-electron chi connectivity index (χ1n) is 9.83. The number of para-hydroxylation sites is 1. The molecule has 1 aromatic carbocycles. The van der Waals surface area contributed by atoms with E-state index in [1.54, 1.807) is 13.0 Å². The number of hydrogen-bond donors (Lipinski definition) is 2. The smallest absolute Gasteiger partial charge is 0.333 e. The van der Waals surface area contributed by atoms with Crippen molar-refractivity contribution < 1.29 is 0 Å². The van der Waals surface area contributed by atoms with Gasteiger partial charge in [-0.05, 0) is 25.0 Å². The SMILES string of the molecule is CC#CCn1c(N2CC[C@@H](N)C2)cc(=O)n(Cc2cc(=O)[nH]c3ccccc23)c1=O. The number of H-pyrrole nitrogens is 1. The standard InChI is InChI=1S/C22H23N5O3/c1-2-3-9-26-20(25-10-8-16(23)14-25)12-21(29)27(22(26)30)13-15-11-19(28)24-18-7-5-4-6-17(15)18/h4-7,11-12,16H,8-10,13-14,23H2,1H3,(H,24,28)/t16-/m1/s1. The van der Waals surface area contributed by atoms with Gasteiger partial charge in [0.25, 0.3) is 5.56 Å². The van der Waals surface area contributed by atoms with Crippen LogP contribution in [0.5, 0.6) is 0 Å². The third-order valence-corrected chi connectivity index (χ3v) is 5.38. The zero-order valence-corrected chi connectivity index (χ0v) is 16.7. The van der Waals surface area contributed by atoms with E-state index in [4.69, 9.17) is 5.73 Å². The molecular formula is C22H23N5O3. The Kier molecular flexibility index (Phi) is 5.29. The van der Waals surface area contributed by atoms with Crippen molar-refractivity contribution in [2.45, 2.75) is 32.5 Å². The maximum absolute atomic E-state index is 13.3.